The number of phenols is 1. The molecule has 1 atom stereocenters. The number of phenolic OH excluding ortho intramolecular Hbond substituents is 1. The highest BCUT2D eigenvalue weighted by molar-refractivity contribution is 5.28. The first-order chi connectivity index (χ1) is 6.09. The van der Waals surface area contributed by atoms with Gasteiger partial charge in [0.2, 0.25) is 0 Å². The Balaban J connectivity index is 2.71. The Bertz CT molecular complexity index is 273. The van der Waals surface area contributed by atoms with Crippen LogP contribution in [-0.4, -0.2) is 28.7 Å². The fourth-order valence-corrected chi connectivity index (χ4v) is 1.13. The average Bonchev–Trinajstić information content (AvgIpc) is 2.03. The second kappa shape index (κ2) is 4.25. The molecule has 0 fully saturated rings. The zero-order chi connectivity index (χ0) is 9.84. The Kier molecular flexibility index (Phi) is 3.28. The summed E-state index contributed by atoms with van der Waals surface area (Å²) >= 11 is 0. The number of aromatic hydroxyl groups is 1. The zero-order valence-electron chi connectivity index (χ0n) is 7.64. The highest BCUT2D eigenvalue weighted by Crippen LogP contribution is 2.18. The molecule has 1 aromatic carbocycles. The summed E-state index contributed by atoms with van der Waals surface area (Å²) in [6, 6.07) is 6.60. The number of aliphatic hydroxyl groups excluding tert-OH is 1. The normalized spacial score (nSPS) is 13.2. The van der Waals surface area contributed by atoms with E-state index in [-0.39, 0.29) is 5.75 Å². The number of aliphatic hydroxyl groups is 1. The molecule has 0 spiro atoms. The van der Waals surface area contributed by atoms with E-state index in [1.165, 1.54) is 0 Å². The van der Waals surface area contributed by atoms with Crippen LogP contribution in [0.2, 0.25) is 0 Å². The summed E-state index contributed by atoms with van der Waals surface area (Å²) in [6.07, 6.45) is -0.602. The van der Waals surface area contributed by atoms with Gasteiger partial charge in [0.25, 0.3) is 0 Å². The molecule has 0 aliphatic heterocycles. The SMILES string of the molecule is [CH2-]N(C)CC(O)c1cccc(O)c1. The van der Waals surface area contributed by atoms with Crippen molar-refractivity contribution in [1.29, 1.82) is 0 Å². The lowest BCUT2D eigenvalue weighted by Crippen LogP contribution is -2.17. The van der Waals surface area contributed by atoms with Crippen LogP contribution in [-0.2, 0) is 0 Å². The Morgan fingerprint density at radius 3 is 2.77 bits per heavy atom. The van der Waals surface area contributed by atoms with Crippen molar-refractivity contribution in [2.45, 2.75) is 6.10 Å². The van der Waals surface area contributed by atoms with Crippen molar-refractivity contribution in [3.8, 4) is 5.75 Å². The number of likely N-dealkylation sites (N-methyl/N-ethyl adjacent to an activating group) is 1. The monoisotopic (exact) mass is 180 g/mol. The molecule has 2 N–H and O–H groups in total. The van der Waals surface area contributed by atoms with E-state index in [1.54, 1.807) is 36.2 Å². The van der Waals surface area contributed by atoms with Gasteiger partial charge in [-0.1, -0.05) is 12.1 Å². The molecule has 0 amide bonds. The summed E-state index contributed by atoms with van der Waals surface area (Å²) in [6.45, 7) is 0.448. The van der Waals surface area contributed by atoms with Gasteiger partial charge >= 0.3 is 0 Å². The van der Waals surface area contributed by atoms with Crippen molar-refractivity contribution in [2.24, 2.45) is 0 Å². The van der Waals surface area contributed by atoms with Crippen LogP contribution in [0, 0.1) is 7.05 Å². The van der Waals surface area contributed by atoms with Crippen LogP contribution in [0.3, 0.4) is 0 Å². The lowest BCUT2D eigenvalue weighted by molar-refractivity contribution is 0.144. The third-order valence-electron chi connectivity index (χ3n) is 1.74. The smallest absolute Gasteiger partial charge is 0.115 e. The summed E-state index contributed by atoms with van der Waals surface area (Å²) in [5.41, 5.74) is 0.704. The highest BCUT2D eigenvalue weighted by Gasteiger charge is 2.06. The Hall–Kier alpha value is -1.06. The molecule has 0 bridgehead atoms. The minimum absolute atomic E-state index is 0.170. The molecule has 0 saturated carbocycles. The summed E-state index contributed by atoms with van der Waals surface area (Å²) in [4.78, 5) is 1.65. The van der Waals surface area contributed by atoms with Gasteiger partial charge in [0.05, 0.1) is 6.10 Å². The van der Waals surface area contributed by atoms with E-state index in [1.807, 2.05) is 0 Å². The number of hydrogen-bond acceptors (Lipinski definition) is 3. The first-order valence-corrected chi connectivity index (χ1v) is 4.08. The average molecular weight is 180 g/mol. The largest absolute Gasteiger partial charge is 0.508 e. The van der Waals surface area contributed by atoms with Crippen LogP contribution in [0.4, 0.5) is 0 Å². The van der Waals surface area contributed by atoms with Gasteiger partial charge in [-0.2, -0.15) is 0 Å². The minimum Gasteiger partial charge on any atom is -0.508 e. The van der Waals surface area contributed by atoms with Crippen molar-refractivity contribution >= 4 is 0 Å². The predicted octanol–water partition coefficient (Wildman–Crippen LogP) is 1.15. The Morgan fingerprint density at radius 2 is 2.23 bits per heavy atom. The number of nitrogens with zero attached hydrogens (tertiary/aromatic N) is 1. The van der Waals surface area contributed by atoms with Crippen molar-refractivity contribution < 1.29 is 10.2 Å². The van der Waals surface area contributed by atoms with Crippen LogP contribution in [0.15, 0.2) is 24.3 Å². The molecule has 1 rings (SSSR count). The van der Waals surface area contributed by atoms with E-state index in [0.717, 1.165) is 0 Å². The molecule has 0 heterocycles. The van der Waals surface area contributed by atoms with E-state index in [2.05, 4.69) is 7.05 Å². The maximum atomic E-state index is 9.62. The van der Waals surface area contributed by atoms with Gasteiger partial charge in [0.1, 0.15) is 5.75 Å². The second-order valence-electron chi connectivity index (χ2n) is 3.15. The van der Waals surface area contributed by atoms with Gasteiger partial charge in [-0.05, 0) is 24.7 Å². The molecule has 72 valence electrons. The summed E-state index contributed by atoms with van der Waals surface area (Å²) in [5, 5.41) is 18.8. The van der Waals surface area contributed by atoms with Crippen LogP contribution < -0.4 is 0 Å². The molecule has 0 aliphatic rings. The van der Waals surface area contributed by atoms with E-state index in [9.17, 15) is 5.11 Å². The molecular weight excluding hydrogens is 166 g/mol. The summed E-state index contributed by atoms with van der Waals surface area (Å²) in [7, 11) is 5.42. The van der Waals surface area contributed by atoms with Gasteiger partial charge in [-0.25, -0.2) is 0 Å². The number of benzene rings is 1. The van der Waals surface area contributed by atoms with E-state index >= 15 is 0 Å². The van der Waals surface area contributed by atoms with Gasteiger partial charge in [0, 0.05) is 6.54 Å². The van der Waals surface area contributed by atoms with Crippen molar-refractivity contribution in [3.63, 3.8) is 0 Å². The maximum Gasteiger partial charge on any atom is 0.115 e. The fourth-order valence-electron chi connectivity index (χ4n) is 1.13. The summed E-state index contributed by atoms with van der Waals surface area (Å²) in [5.74, 6) is 0.170. The molecule has 0 aromatic heterocycles. The lowest BCUT2D eigenvalue weighted by atomic mass is 10.1. The van der Waals surface area contributed by atoms with Crippen molar-refractivity contribution in [1.82, 2.24) is 4.90 Å². The lowest BCUT2D eigenvalue weighted by Gasteiger charge is -2.22. The van der Waals surface area contributed by atoms with Crippen LogP contribution in [0.1, 0.15) is 11.7 Å². The van der Waals surface area contributed by atoms with Gasteiger partial charge in [-0.3, -0.25) is 7.05 Å². The molecule has 13 heavy (non-hydrogen) atoms. The fraction of sp³-hybridized carbons (Fsp3) is 0.300. The van der Waals surface area contributed by atoms with Gasteiger partial charge in [-0.15, -0.1) is 0 Å². The molecule has 1 unspecified atom stereocenters. The predicted molar refractivity (Wildman–Crippen MR) is 51.1 cm³/mol. The maximum absolute atomic E-state index is 9.62. The molecule has 1 aromatic rings. The van der Waals surface area contributed by atoms with Crippen LogP contribution >= 0.6 is 0 Å². The molecule has 0 saturated heterocycles. The Morgan fingerprint density at radius 1 is 1.54 bits per heavy atom. The van der Waals surface area contributed by atoms with Crippen LogP contribution in [0.5, 0.6) is 5.75 Å². The third kappa shape index (κ3) is 3.05. The van der Waals surface area contributed by atoms with Gasteiger partial charge in [0.15, 0.2) is 0 Å². The molecule has 3 heteroatoms. The zero-order valence-corrected chi connectivity index (χ0v) is 7.64. The topological polar surface area (TPSA) is 43.7 Å². The standard InChI is InChI=1S/C10H14NO2/c1-11(2)7-10(13)8-4-3-5-9(12)6-8/h3-6,10,12-13H,1,7H2,2H3/q-1. The number of hydrogen-bond donors (Lipinski definition) is 2. The molecule has 0 aliphatic carbocycles. The molecule has 3 nitrogen and oxygen atoms in total. The van der Waals surface area contributed by atoms with Crippen molar-refractivity contribution in [2.75, 3.05) is 13.6 Å². The van der Waals surface area contributed by atoms with E-state index in [4.69, 9.17) is 5.11 Å². The van der Waals surface area contributed by atoms with E-state index < -0.39 is 6.10 Å². The quantitative estimate of drug-likeness (QED) is 0.686. The second-order valence-corrected chi connectivity index (χ2v) is 3.15. The molecular formula is C10H14NO2-. The Labute approximate surface area is 78.2 Å². The summed E-state index contributed by atoms with van der Waals surface area (Å²) < 4.78 is 0. The van der Waals surface area contributed by atoms with Gasteiger partial charge < -0.3 is 15.1 Å². The highest BCUT2D eigenvalue weighted by atomic mass is 16.3. The minimum atomic E-state index is -0.602. The third-order valence-corrected chi connectivity index (χ3v) is 1.74. The van der Waals surface area contributed by atoms with E-state index in [0.29, 0.717) is 12.1 Å². The number of rotatable bonds is 3. The van der Waals surface area contributed by atoms with Crippen molar-refractivity contribution in [3.05, 3.63) is 36.9 Å². The first kappa shape index (κ1) is 10.0. The first-order valence-electron chi connectivity index (χ1n) is 4.08. The molecule has 0 radical (unpaired) electrons. The van der Waals surface area contributed by atoms with Crippen LogP contribution in [0.25, 0.3) is 0 Å².